The van der Waals surface area contributed by atoms with Crippen LogP contribution in [-0.2, 0) is 0 Å². The van der Waals surface area contributed by atoms with Crippen LogP contribution in [0, 0.1) is 11.8 Å². The molecule has 1 aromatic carbocycles. The van der Waals surface area contributed by atoms with Crippen molar-refractivity contribution < 1.29 is 0 Å². The van der Waals surface area contributed by atoms with Crippen molar-refractivity contribution >= 4 is 16.9 Å². The van der Waals surface area contributed by atoms with Crippen molar-refractivity contribution in [2.75, 3.05) is 11.9 Å². The minimum atomic E-state index is 0.475. The third kappa shape index (κ3) is 4.89. The number of allylic oxidation sites excluding steroid dienone is 2. The van der Waals surface area contributed by atoms with Gasteiger partial charge < -0.3 is 5.32 Å². The molecule has 0 aliphatic heterocycles. The Morgan fingerprint density at radius 1 is 1.06 bits per heavy atom. The number of rotatable bonds is 6. The Kier molecular flexibility index (Phi) is 5.91. The van der Waals surface area contributed by atoms with Crippen molar-refractivity contribution in [2.45, 2.75) is 0 Å². The quantitative estimate of drug-likeness (QED) is 0.373. The van der Waals surface area contributed by atoms with Crippen molar-refractivity contribution in [1.82, 2.24) is 30.1 Å². The normalized spacial score (nSPS) is 10.9. The Labute approximate surface area is 179 Å². The van der Waals surface area contributed by atoms with Gasteiger partial charge in [0.05, 0.1) is 11.7 Å². The van der Waals surface area contributed by atoms with Gasteiger partial charge in [-0.15, -0.1) is 0 Å². The van der Waals surface area contributed by atoms with E-state index in [4.69, 9.17) is 0 Å². The topological polar surface area (TPSA) is 92.3 Å². The molecule has 2 N–H and O–H groups in total. The number of nitrogens with one attached hydrogen (secondary N) is 2. The van der Waals surface area contributed by atoms with Gasteiger partial charge in [-0.3, -0.25) is 5.10 Å². The molecule has 0 aliphatic carbocycles. The molecule has 0 aliphatic rings. The van der Waals surface area contributed by atoms with Crippen LogP contribution in [0.15, 0.2) is 85.9 Å². The molecule has 0 radical (unpaired) electrons. The number of hydrogen-bond acceptors (Lipinski definition) is 6. The lowest BCUT2D eigenvalue weighted by Gasteiger charge is -2.06. The zero-order valence-electron chi connectivity index (χ0n) is 16.7. The first kappa shape index (κ1) is 19.7. The lowest BCUT2D eigenvalue weighted by molar-refractivity contribution is 1.07. The monoisotopic (exact) mass is 405 g/mol. The van der Waals surface area contributed by atoms with Crippen LogP contribution in [0.4, 0.5) is 5.95 Å². The molecule has 0 saturated heterocycles. The summed E-state index contributed by atoms with van der Waals surface area (Å²) in [6.45, 7) is 8.01. The summed E-state index contributed by atoms with van der Waals surface area (Å²) < 4.78 is 0. The summed E-state index contributed by atoms with van der Waals surface area (Å²) in [6.07, 6.45) is 10.5. The van der Waals surface area contributed by atoms with E-state index < -0.39 is 0 Å². The Bertz CT molecular complexity index is 1340. The van der Waals surface area contributed by atoms with Gasteiger partial charge in [0, 0.05) is 29.9 Å². The number of benzene rings is 1. The summed E-state index contributed by atoms with van der Waals surface area (Å²) in [5.41, 5.74) is 4.05. The average molecular weight is 405 g/mol. The van der Waals surface area contributed by atoms with Crippen LogP contribution >= 0.6 is 0 Å². The molecule has 7 heteroatoms. The molecule has 0 fully saturated rings. The maximum absolute atomic E-state index is 4.53. The van der Waals surface area contributed by atoms with E-state index in [2.05, 4.69) is 60.4 Å². The number of anilines is 1. The first-order valence-electron chi connectivity index (χ1n) is 9.54. The fourth-order valence-corrected chi connectivity index (χ4v) is 2.81. The van der Waals surface area contributed by atoms with E-state index in [-0.39, 0.29) is 0 Å². The highest BCUT2D eigenvalue weighted by Gasteiger charge is 2.06. The second kappa shape index (κ2) is 9.29. The van der Waals surface area contributed by atoms with Gasteiger partial charge in [-0.05, 0) is 41.8 Å². The van der Waals surface area contributed by atoms with Crippen molar-refractivity contribution in [3.05, 3.63) is 97.1 Å². The van der Waals surface area contributed by atoms with Crippen LogP contribution in [0.2, 0.25) is 0 Å². The number of aromatic amines is 1. The molecular weight excluding hydrogens is 386 g/mol. The van der Waals surface area contributed by atoms with Crippen LogP contribution in [0.5, 0.6) is 0 Å². The highest BCUT2D eigenvalue weighted by molar-refractivity contribution is 5.79. The van der Waals surface area contributed by atoms with Crippen molar-refractivity contribution in [3.8, 4) is 23.4 Å². The first-order valence-corrected chi connectivity index (χ1v) is 9.54. The number of nitrogens with zero attached hydrogens (tertiary/aromatic N) is 5. The van der Waals surface area contributed by atoms with Crippen LogP contribution in [0.3, 0.4) is 0 Å². The van der Waals surface area contributed by atoms with Gasteiger partial charge in [-0.2, -0.15) is 5.10 Å². The summed E-state index contributed by atoms with van der Waals surface area (Å²) >= 11 is 0. The van der Waals surface area contributed by atoms with Gasteiger partial charge in [0.1, 0.15) is 11.4 Å². The Morgan fingerprint density at radius 2 is 1.97 bits per heavy atom. The second-order valence-electron chi connectivity index (χ2n) is 6.49. The van der Waals surface area contributed by atoms with E-state index in [1.165, 1.54) is 0 Å². The Hall–Kier alpha value is -4.57. The van der Waals surface area contributed by atoms with E-state index in [0.29, 0.717) is 29.7 Å². The zero-order valence-corrected chi connectivity index (χ0v) is 16.7. The molecule has 0 amide bonds. The highest BCUT2D eigenvalue weighted by atomic mass is 15.1. The number of H-pyrrole nitrogens is 1. The molecule has 4 aromatic rings. The molecule has 0 atom stereocenters. The van der Waals surface area contributed by atoms with Crippen molar-refractivity contribution in [1.29, 1.82) is 0 Å². The third-order valence-electron chi connectivity index (χ3n) is 4.36. The molecule has 7 nitrogen and oxygen atoms in total. The smallest absolute Gasteiger partial charge is 0.223 e. The lowest BCUT2D eigenvalue weighted by Crippen LogP contribution is -2.07. The molecule has 0 saturated carbocycles. The van der Waals surface area contributed by atoms with Gasteiger partial charge in [0.15, 0.2) is 5.82 Å². The predicted octanol–water partition coefficient (Wildman–Crippen LogP) is 3.92. The van der Waals surface area contributed by atoms with E-state index in [1.54, 1.807) is 42.9 Å². The number of fused-ring (bicyclic) bond motifs is 1. The van der Waals surface area contributed by atoms with Crippen LogP contribution in [-0.4, -0.2) is 36.7 Å². The Balaban J connectivity index is 1.54. The largest absolute Gasteiger partial charge is 0.350 e. The van der Waals surface area contributed by atoms with Gasteiger partial charge in [-0.25, -0.2) is 19.9 Å². The lowest BCUT2D eigenvalue weighted by atomic mass is 10.1. The van der Waals surface area contributed by atoms with Gasteiger partial charge >= 0.3 is 0 Å². The zero-order chi connectivity index (χ0) is 21.5. The molecular formula is C24H19N7. The van der Waals surface area contributed by atoms with E-state index in [0.717, 1.165) is 22.0 Å². The van der Waals surface area contributed by atoms with Crippen molar-refractivity contribution in [2.24, 2.45) is 0 Å². The van der Waals surface area contributed by atoms with E-state index in [1.807, 2.05) is 24.3 Å². The number of hydrogen-bond donors (Lipinski definition) is 2. The minimum Gasteiger partial charge on any atom is -0.350 e. The molecule has 0 unspecified atom stereocenters. The van der Waals surface area contributed by atoms with E-state index >= 15 is 0 Å². The summed E-state index contributed by atoms with van der Waals surface area (Å²) in [5.74, 6) is 7.17. The van der Waals surface area contributed by atoms with Gasteiger partial charge in [0.2, 0.25) is 5.95 Å². The summed E-state index contributed by atoms with van der Waals surface area (Å²) in [4.78, 5) is 17.6. The maximum Gasteiger partial charge on any atom is 0.223 e. The van der Waals surface area contributed by atoms with Crippen LogP contribution < -0.4 is 5.32 Å². The fraction of sp³-hybridized carbons (Fsp3) is 0.0417. The fourth-order valence-electron chi connectivity index (χ4n) is 2.81. The molecule has 31 heavy (non-hydrogen) atoms. The molecule has 3 aromatic heterocycles. The average Bonchev–Trinajstić information content (AvgIpc) is 3.29. The summed E-state index contributed by atoms with van der Waals surface area (Å²) in [6, 6.07) is 9.41. The minimum absolute atomic E-state index is 0.475. The molecule has 150 valence electrons. The standard InChI is InChI=1S/C24H19N7/c1-3-5-17(4-2)15-27-24-26-13-11-22(30-24)23-25-12-10-20(29-23)8-6-18-7-9-21-19(14-18)16-28-31-21/h3-5,7,9-14,16H,1-2,15H2,(H,28,31)(H,26,27,30)/b17-5+. The first-order chi connectivity index (χ1) is 15.2. The molecule has 0 spiro atoms. The van der Waals surface area contributed by atoms with Gasteiger partial charge in [-0.1, -0.05) is 37.3 Å². The highest BCUT2D eigenvalue weighted by Crippen LogP contribution is 2.14. The molecule has 3 heterocycles. The Morgan fingerprint density at radius 3 is 2.84 bits per heavy atom. The maximum atomic E-state index is 4.53. The van der Waals surface area contributed by atoms with Crippen LogP contribution in [0.25, 0.3) is 22.4 Å². The molecule has 0 bridgehead atoms. The SMILES string of the molecule is C=C/C=C(\C=C)CNc1nccc(-c2nccc(C#Cc3ccc4[nH]ncc4c3)n2)n1. The third-order valence-corrected chi connectivity index (χ3v) is 4.36. The summed E-state index contributed by atoms with van der Waals surface area (Å²) in [5, 5.41) is 11.1. The van der Waals surface area contributed by atoms with E-state index in [9.17, 15) is 0 Å². The summed E-state index contributed by atoms with van der Waals surface area (Å²) in [7, 11) is 0. The van der Waals surface area contributed by atoms with Crippen molar-refractivity contribution in [3.63, 3.8) is 0 Å². The molecule has 4 rings (SSSR count). The predicted molar refractivity (Wildman–Crippen MR) is 122 cm³/mol. The van der Waals surface area contributed by atoms with Gasteiger partial charge in [0.25, 0.3) is 0 Å². The number of aromatic nitrogens is 6. The second-order valence-corrected chi connectivity index (χ2v) is 6.49. The van der Waals surface area contributed by atoms with Crippen LogP contribution in [0.1, 0.15) is 11.3 Å².